The van der Waals surface area contributed by atoms with Crippen LogP contribution in [0.25, 0.3) is 5.69 Å². The zero-order chi connectivity index (χ0) is 21.0. The first-order valence-electron chi connectivity index (χ1n) is 10.0. The van der Waals surface area contributed by atoms with E-state index in [4.69, 9.17) is 0 Å². The molecule has 1 aliphatic rings. The summed E-state index contributed by atoms with van der Waals surface area (Å²) in [6.07, 6.45) is -0.768. The standard InChI is InChI=1S/C22H23F3N4S/c23-22(24,25)19-12-6-5-9-17(19)16-30-21-27-26-20(15-28-13-7-2-8-14-28)29(21)18-10-3-1-4-11-18/h1,3-6,9-12H,2,7-8,13-16H2. The van der Waals surface area contributed by atoms with E-state index in [9.17, 15) is 13.2 Å². The summed E-state index contributed by atoms with van der Waals surface area (Å²) in [6, 6.07) is 15.4. The number of likely N-dealkylation sites (tertiary alicyclic amines) is 1. The highest BCUT2D eigenvalue weighted by molar-refractivity contribution is 7.98. The maximum atomic E-state index is 13.3. The van der Waals surface area contributed by atoms with E-state index in [1.54, 1.807) is 6.07 Å². The summed E-state index contributed by atoms with van der Waals surface area (Å²) in [7, 11) is 0. The summed E-state index contributed by atoms with van der Waals surface area (Å²) >= 11 is 1.28. The van der Waals surface area contributed by atoms with Gasteiger partial charge in [0.05, 0.1) is 12.1 Å². The zero-order valence-corrected chi connectivity index (χ0v) is 17.3. The van der Waals surface area contributed by atoms with Gasteiger partial charge in [0.25, 0.3) is 0 Å². The molecule has 1 fully saturated rings. The first kappa shape index (κ1) is 20.9. The van der Waals surface area contributed by atoms with E-state index < -0.39 is 11.7 Å². The van der Waals surface area contributed by atoms with Crippen molar-refractivity contribution in [2.45, 2.75) is 42.9 Å². The van der Waals surface area contributed by atoms with Crippen molar-refractivity contribution in [3.63, 3.8) is 0 Å². The van der Waals surface area contributed by atoms with Crippen LogP contribution >= 0.6 is 11.8 Å². The number of piperidine rings is 1. The quantitative estimate of drug-likeness (QED) is 0.477. The summed E-state index contributed by atoms with van der Waals surface area (Å²) in [4.78, 5) is 2.36. The van der Waals surface area contributed by atoms with Gasteiger partial charge in [-0.1, -0.05) is 54.6 Å². The molecule has 1 saturated heterocycles. The lowest BCUT2D eigenvalue weighted by atomic mass is 10.1. The molecule has 0 N–H and O–H groups in total. The van der Waals surface area contributed by atoms with Crippen molar-refractivity contribution < 1.29 is 13.2 Å². The summed E-state index contributed by atoms with van der Waals surface area (Å²) in [5, 5.41) is 9.33. The van der Waals surface area contributed by atoms with Crippen LogP contribution in [0.15, 0.2) is 59.8 Å². The average molecular weight is 433 g/mol. The molecule has 0 amide bonds. The van der Waals surface area contributed by atoms with Crippen LogP contribution in [0.5, 0.6) is 0 Å². The number of hydrogen-bond donors (Lipinski definition) is 0. The third kappa shape index (κ3) is 4.87. The van der Waals surface area contributed by atoms with Gasteiger partial charge >= 0.3 is 6.18 Å². The lowest BCUT2D eigenvalue weighted by molar-refractivity contribution is -0.138. The van der Waals surface area contributed by atoms with E-state index in [2.05, 4.69) is 15.1 Å². The number of rotatable bonds is 6. The highest BCUT2D eigenvalue weighted by Gasteiger charge is 2.33. The fourth-order valence-electron chi connectivity index (χ4n) is 3.72. The van der Waals surface area contributed by atoms with Gasteiger partial charge in [-0.15, -0.1) is 10.2 Å². The van der Waals surface area contributed by atoms with Gasteiger partial charge in [0.2, 0.25) is 0 Å². The molecule has 2 aromatic carbocycles. The number of benzene rings is 2. The van der Waals surface area contributed by atoms with E-state index in [0.717, 1.165) is 30.7 Å². The van der Waals surface area contributed by atoms with Crippen LogP contribution < -0.4 is 0 Å². The molecule has 0 atom stereocenters. The predicted molar refractivity (Wildman–Crippen MR) is 111 cm³/mol. The Kier molecular flexibility index (Phi) is 6.43. The first-order valence-corrected chi connectivity index (χ1v) is 11.0. The molecule has 0 spiro atoms. The van der Waals surface area contributed by atoms with Gasteiger partial charge in [0, 0.05) is 11.4 Å². The van der Waals surface area contributed by atoms with Gasteiger partial charge in [0.1, 0.15) is 0 Å². The molecule has 30 heavy (non-hydrogen) atoms. The summed E-state index contributed by atoms with van der Waals surface area (Å²) in [6.45, 7) is 2.74. The van der Waals surface area contributed by atoms with Crippen LogP contribution in [-0.4, -0.2) is 32.8 Å². The number of halogens is 3. The smallest absolute Gasteiger partial charge is 0.296 e. The number of para-hydroxylation sites is 1. The van der Waals surface area contributed by atoms with E-state index in [1.165, 1.54) is 43.2 Å². The zero-order valence-electron chi connectivity index (χ0n) is 16.5. The number of alkyl halides is 3. The van der Waals surface area contributed by atoms with E-state index in [-0.39, 0.29) is 11.3 Å². The van der Waals surface area contributed by atoms with Crippen molar-refractivity contribution in [3.8, 4) is 5.69 Å². The van der Waals surface area contributed by atoms with Gasteiger partial charge in [-0.2, -0.15) is 13.2 Å². The molecule has 0 unspecified atom stereocenters. The maximum absolute atomic E-state index is 13.3. The van der Waals surface area contributed by atoms with Crippen molar-refractivity contribution in [2.75, 3.05) is 13.1 Å². The Morgan fingerprint density at radius 3 is 2.30 bits per heavy atom. The minimum Gasteiger partial charge on any atom is -0.296 e. The lowest BCUT2D eigenvalue weighted by Crippen LogP contribution is -2.30. The highest BCUT2D eigenvalue weighted by Crippen LogP contribution is 2.35. The topological polar surface area (TPSA) is 34.0 Å². The molecule has 1 aromatic heterocycles. The van der Waals surface area contributed by atoms with Gasteiger partial charge in [-0.3, -0.25) is 9.47 Å². The molecular formula is C22H23F3N4S. The minimum absolute atomic E-state index is 0.171. The van der Waals surface area contributed by atoms with Gasteiger partial charge < -0.3 is 0 Å². The largest absolute Gasteiger partial charge is 0.416 e. The fourth-order valence-corrected chi connectivity index (χ4v) is 4.69. The summed E-state index contributed by atoms with van der Waals surface area (Å²) in [5.74, 6) is 0.986. The Bertz CT molecular complexity index is 966. The molecule has 0 bridgehead atoms. The van der Waals surface area contributed by atoms with Crippen molar-refractivity contribution in [1.29, 1.82) is 0 Å². The monoisotopic (exact) mass is 432 g/mol. The van der Waals surface area contributed by atoms with Gasteiger partial charge in [-0.05, 0) is 49.7 Å². The second-order valence-electron chi connectivity index (χ2n) is 7.35. The third-order valence-electron chi connectivity index (χ3n) is 5.21. The number of aromatic nitrogens is 3. The Labute approximate surface area is 178 Å². The number of nitrogens with zero attached hydrogens (tertiary/aromatic N) is 4. The maximum Gasteiger partial charge on any atom is 0.416 e. The van der Waals surface area contributed by atoms with Crippen molar-refractivity contribution in [1.82, 2.24) is 19.7 Å². The lowest BCUT2D eigenvalue weighted by Gasteiger charge is -2.26. The Morgan fingerprint density at radius 2 is 1.57 bits per heavy atom. The minimum atomic E-state index is -4.37. The van der Waals surface area contributed by atoms with Crippen molar-refractivity contribution in [2.24, 2.45) is 0 Å². The van der Waals surface area contributed by atoms with Crippen LogP contribution in [-0.2, 0) is 18.5 Å². The molecule has 2 heterocycles. The second-order valence-corrected chi connectivity index (χ2v) is 8.29. The fraction of sp³-hybridized carbons (Fsp3) is 0.364. The number of thioether (sulfide) groups is 1. The van der Waals surface area contributed by atoms with Crippen LogP contribution in [0.4, 0.5) is 13.2 Å². The normalized spacial score (nSPS) is 15.4. The van der Waals surface area contributed by atoms with Crippen molar-refractivity contribution >= 4 is 11.8 Å². The van der Waals surface area contributed by atoms with E-state index in [0.29, 0.717) is 11.7 Å². The molecule has 158 valence electrons. The molecule has 0 saturated carbocycles. The first-order chi connectivity index (χ1) is 14.5. The molecule has 4 rings (SSSR count). The molecule has 4 nitrogen and oxygen atoms in total. The second kappa shape index (κ2) is 9.22. The van der Waals surface area contributed by atoms with Gasteiger partial charge in [-0.25, -0.2) is 0 Å². The SMILES string of the molecule is FC(F)(F)c1ccccc1CSc1nnc(CN2CCCCC2)n1-c1ccccc1. The van der Waals surface area contributed by atoms with Crippen LogP contribution in [0.3, 0.4) is 0 Å². The van der Waals surface area contributed by atoms with E-state index >= 15 is 0 Å². The van der Waals surface area contributed by atoms with E-state index in [1.807, 2.05) is 34.9 Å². The molecule has 1 aliphatic heterocycles. The average Bonchev–Trinajstić information content (AvgIpc) is 3.15. The van der Waals surface area contributed by atoms with Crippen molar-refractivity contribution in [3.05, 3.63) is 71.5 Å². The summed E-state index contributed by atoms with van der Waals surface area (Å²) in [5.41, 5.74) is 0.563. The molecule has 0 radical (unpaired) electrons. The van der Waals surface area contributed by atoms with Gasteiger partial charge in [0.15, 0.2) is 11.0 Å². The number of hydrogen-bond acceptors (Lipinski definition) is 4. The molecular weight excluding hydrogens is 409 g/mol. The third-order valence-corrected chi connectivity index (χ3v) is 6.19. The van der Waals surface area contributed by atoms with Crippen LogP contribution in [0.2, 0.25) is 0 Å². The summed E-state index contributed by atoms with van der Waals surface area (Å²) < 4.78 is 42.0. The van der Waals surface area contributed by atoms with Crippen LogP contribution in [0, 0.1) is 0 Å². The predicted octanol–water partition coefficient (Wildman–Crippen LogP) is 5.56. The molecule has 3 aromatic rings. The molecule has 0 aliphatic carbocycles. The van der Waals surface area contributed by atoms with Crippen LogP contribution in [0.1, 0.15) is 36.2 Å². The Balaban J connectivity index is 1.61. The highest BCUT2D eigenvalue weighted by atomic mass is 32.2. The Hall–Kier alpha value is -2.32. The molecule has 8 heteroatoms. The Morgan fingerprint density at radius 1 is 0.867 bits per heavy atom.